The van der Waals surface area contributed by atoms with Crippen molar-refractivity contribution in [3.8, 4) is 5.69 Å². The standard InChI is InChI=1S/C19H26N4O2.ClH/c1-13-5-3-4-6-17(13)23-12-14(10-21-23)11-22(2)19(25)15-7-8-18(24)16(20)9-15;/h3-6,10,12,15-16,18,24H,7-9,11,20H2,1-2H3;1H/t15-,16+,18+;/m0./s1. The first kappa shape index (κ1) is 20.4. The van der Waals surface area contributed by atoms with Gasteiger partial charge in [0.15, 0.2) is 0 Å². The van der Waals surface area contributed by atoms with Crippen LogP contribution in [0, 0.1) is 12.8 Å². The van der Waals surface area contributed by atoms with Crippen molar-refractivity contribution in [1.29, 1.82) is 0 Å². The lowest BCUT2D eigenvalue weighted by atomic mass is 9.83. The van der Waals surface area contributed by atoms with E-state index in [9.17, 15) is 9.90 Å². The summed E-state index contributed by atoms with van der Waals surface area (Å²) in [5.74, 6) is -0.0131. The van der Waals surface area contributed by atoms with Gasteiger partial charge in [0.1, 0.15) is 0 Å². The van der Waals surface area contributed by atoms with Gasteiger partial charge in [0.25, 0.3) is 0 Å². The van der Waals surface area contributed by atoms with Crippen LogP contribution < -0.4 is 5.73 Å². The number of carbonyl (C=O) groups is 1. The van der Waals surface area contributed by atoms with Crippen LogP contribution in [0.4, 0.5) is 0 Å². The summed E-state index contributed by atoms with van der Waals surface area (Å²) in [5.41, 5.74) is 9.08. The molecule has 1 aromatic carbocycles. The Morgan fingerprint density at radius 1 is 1.38 bits per heavy atom. The predicted octanol–water partition coefficient (Wildman–Crippen LogP) is 2.05. The first-order valence-corrected chi connectivity index (χ1v) is 8.74. The molecule has 0 bridgehead atoms. The SMILES string of the molecule is Cc1ccccc1-n1cc(CN(C)C(=O)[C@H]2CC[C@@H](O)[C@H](N)C2)cn1.Cl. The number of halogens is 1. The Hall–Kier alpha value is -1.89. The van der Waals surface area contributed by atoms with Crippen LogP contribution in [0.15, 0.2) is 36.7 Å². The molecule has 7 heteroatoms. The lowest BCUT2D eigenvalue weighted by Gasteiger charge is -2.32. The van der Waals surface area contributed by atoms with Crippen LogP contribution >= 0.6 is 12.4 Å². The van der Waals surface area contributed by atoms with Crippen molar-refractivity contribution in [2.45, 2.75) is 44.9 Å². The number of amides is 1. The van der Waals surface area contributed by atoms with Gasteiger partial charge >= 0.3 is 0 Å². The van der Waals surface area contributed by atoms with Crippen LogP contribution in [0.3, 0.4) is 0 Å². The number of rotatable bonds is 4. The van der Waals surface area contributed by atoms with Gasteiger partial charge in [0, 0.05) is 37.3 Å². The monoisotopic (exact) mass is 378 g/mol. The average Bonchev–Trinajstić information content (AvgIpc) is 3.05. The molecule has 1 amide bonds. The summed E-state index contributed by atoms with van der Waals surface area (Å²) >= 11 is 0. The highest BCUT2D eigenvalue weighted by atomic mass is 35.5. The molecule has 26 heavy (non-hydrogen) atoms. The van der Waals surface area contributed by atoms with Gasteiger partial charge < -0.3 is 15.7 Å². The number of aliphatic hydroxyl groups excluding tert-OH is 1. The number of carbonyl (C=O) groups excluding carboxylic acids is 1. The maximum atomic E-state index is 12.6. The van der Waals surface area contributed by atoms with Crippen LogP contribution in [0.5, 0.6) is 0 Å². The molecule has 0 unspecified atom stereocenters. The fourth-order valence-corrected chi connectivity index (χ4v) is 3.47. The highest BCUT2D eigenvalue weighted by molar-refractivity contribution is 5.85. The Labute approximate surface area is 160 Å². The van der Waals surface area contributed by atoms with E-state index in [-0.39, 0.29) is 30.3 Å². The zero-order valence-electron chi connectivity index (χ0n) is 15.2. The Morgan fingerprint density at radius 2 is 2.12 bits per heavy atom. The first-order valence-electron chi connectivity index (χ1n) is 8.74. The van der Waals surface area contributed by atoms with Crippen molar-refractivity contribution >= 4 is 18.3 Å². The Kier molecular flexibility index (Phi) is 6.81. The quantitative estimate of drug-likeness (QED) is 0.852. The average molecular weight is 379 g/mol. The van der Waals surface area contributed by atoms with E-state index in [2.05, 4.69) is 5.10 Å². The summed E-state index contributed by atoms with van der Waals surface area (Å²) < 4.78 is 1.84. The maximum absolute atomic E-state index is 12.6. The third kappa shape index (κ3) is 4.44. The van der Waals surface area contributed by atoms with Gasteiger partial charge in [-0.1, -0.05) is 18.2 Å². The number of para-hydroxylation sites is 1. The summed E-state index contributed by atoms with van der Waals surface area (Å²) in [4.78, 5) is 14.4. The van der Waals surface area contributed by atoms with Crippen LogP contribution in [0.1, 0.15) is 30.4 Å². The molecule has 1 fully saturated rings. The fourth-order valence-electron chi connectivity index (χ4n) is 3.47. The number of hydrogen-bond donors (Lipinski definition) is 2. The lowest BCUT2D eigenvalue weighted by molar-refractivity contribution is -0.136. The lowest BCUT2D eigenvalue weighted by Crippen LogP contribution is -2.45. The first-order chi connectivity index (χ1) is 12.0. The van der Waals surface area contributed by atoms with Crippen molar-refractivity contribution in [2.24, 2.45) is 11.7 Å². The minimum Gasteiger partial charge on any atom is -0.392 e. The second kappa shape index (κ2) is 8.66. The van der Waals surface area contributed by atoms with Gasteiger partial charge in [-0.25, -0.2) is 4.68 Å². The number of benzene rings is 1. The van der Waals surface area contributed by atoms with Crippen molar-refractivity contribution < 1.29 is 9.90 Å². The Balaban J connectivity index is 0.00000243. The summed E-state index contributed by atoms with van der Waals surface area (Å²) in [6, 6.07) is 7.75. The summed E-state index contributed by atoms with van der Waals surface area (Å²) in [6.07, 6.45) is 5.11. The van der Waals surface area contributed by atoms with E-state index in [1.807, 2.05) is 49.1 Å². The zero-order chi connectivity index (χ0) is 18.0. The topological polar surface area (TPSA) is 84.4 Å². The van der Waals surface area contributed by atoms with Crippen molar-refractivity contribution in [2.75, 3.05) is 7.05 Å². The minimum absolute atomic E-state index is 0. The van der Waals surface area contributed by atoms with Crippen LogP contribution in [-0.2, 0) is 11.3 Å². The van der Waals surface area contributed by atoms with Gasteiger partial charge in [-0.15, -0.1) is 12.4 Å². The highest BCUT2D eigenvalue weighted by Gasteiger charge is 2.32. The van der Waals surface area contributed by atoms with Crippen LogP contribution in [0.25, 0.3) is 5.69 Å². The molecule has 3 rings (SSSR count). The number of nitrogens with zero attached hydrogens (tertiary/aromatic N) is 3. The summed E-state index contributed by atoms with van der Waals surface area (Å²) in [6.45, 7) is 2.56. The number of aryl methyl sites for hydroxylation is 1. The maximum Gasteiger partial charge on any atom is 0.225 e. The number of aromatic nitrogens is 2. The van der Waals surface area contributed by atoms with E-state index >= 15 is 0 Å². The number of nitrogens with two attached hydrogens (primary N) is 1. The molecule has 2 aromatic rings. The molecule has 1 saturated carbocycles. The molecule has 1 aliphatic carbocycles. The van der Waals surface area contributed by atoms with Gasteiger partial charge in [-0.3, -0.25) is 4.79 Å². The Bertz CT molecular complexity index is 749. The highest BCUT2D eigenvalue weighted by Crippen LogP contribution is 2.25. The largest absolute Gasteiger partial charge is 0.392 e. The van der Waals surface area contributed by atoms with E-state index in [0.717, 1.165) is 16.8 Å². The van der Waals surface area contributed by atoms with E-state index < -0.39 is 6.10 Å². The molecule has 1 heterocycles. The number of aliphatic hydroxyl groups is 1. The molecule has 142 valence electrons. The van der Waals surface area contributed by atoms with Gasteiger partial charge in [-0.05, 0) is 37.8 Å². The fraction of sp³-hybridized carbons (Fsp3) is 0.474. The Morgan fingerprint density at radius 3 is 2.81 bits per heavy atom. The molecule has 3 atom stereocenters. The second-order valence-electron chi connectivity index (χ2n) is 7.02. The van der Waals surface area contributed by atoms with Crippen LogP contribution in [0.2, 0.25) is 0 Å². The van der Waals surface area contributed by atoms with E-state index in [1.54, 1.807) is 11.1 Å². The van der Waals surface area contributed by atoms with E-state index in [0.29, 0.717) is 25.8 Å². The third-order valence-corrected chi connectivity index (χ3v) is 5.01. The zero-order valence-corrected chi connectivity index (χ0v) is 16.0. The second-order valence-corrected chi connectivity index (χ2v) is 7.02. The molecule has 0 radical (unpaired) electrons. The summed E-state index contributed by atoms with van der Waals surface area (Å²) in [5, 5.41) is 14.1. The van der Waals surface area contributed by atoms with Crippen LogP contribution in [-0.4, -0.2) is 44.9 Å². The molecule has 3 N–H and O–H groups in total. The predicted molar refractivity (Wildman–Crippen MR) is 103 cm³/mol. The van der Waals surface area contributed by atoms with E-state index in [4.69, 9.17) is 5.73 Å². The molecular weight excluding hydrogens is 352 g/mol. The molecule has 6 nitrogen and oxygen atoms in total. The molecule has 0 saturated heterocycles. The molecule has 1 aromatic heterocycles. The normalized spacial score (nSPS) is 22.5. The molecular formula is C19H27ClN4O2. The minimum atomic E-state index is -0.485. The smallest absolute Gasteiger partial charge is 0.225 e. The van der Waals surface area contributed by atoms with Gasteiger partial charge in [-0.2, -0.15) is 5.10 Å². The van der Waals surface area contributed by atoms with Crippen molar-refractivity contribution in [1.82, 2.24) is 14.7 Å². The van der Waals surface area contributed by atoms with Crippen molar-refractivity contribution in [3.05, 3.63) is 47.8 Å². The third-order valence-electron chi connectivity index (χ3n) is 5.01. The van der Waals surface area contributed by atoms with E-state index in [1.165, 1.54) is 0 Å². The molecule has 0 spiro atoms. The van der Waals surface area contributed by atoms with Gasteiger partial charge in [0.05, 0.1) is 18.0 Å². The summed E-state index contributed by atoms with van der Waals surface area (Å²) in [7, 11) is 1.81. The van der Waals surface area contributed by atoms with Gasteiger partial charge in [0.2, 0.25) is 5.91 Å². The number of hydrogen-bond acceptors (Lipinski definition) is 4. The molecule has 0 aliphatic heterocycles. The molecule has 1 aliphatic rings. The van der Waals surface area contributed by atoms with Crippen molar-refractivity contribution in [3.63, 3.8) is 0 Å².